The first kappa shape index (κ1) is 21.7. The zero-order valence-corrected chi connectivity index (χ0v) is 18.3. The molecule has 0 saturated carbocycles. The molecule has 0 bridgehead atoms. The molecule has 0 unspecified atom stereocenters. The third-order valence-electron chi connectivity index (χ3n) is 4.78. The Bertz CT molecular complexity index is 859. The lowest BCUT2D eigenvalue weighted by Crippen LogP contribution is -2.55. The van der Waals surface area contributed by atoms with E-state index in [4.69, 9.17) is 9.73 Å². The second-order valence-corrected chi connectivity index (χ2v) is 7.86. The summed E-state index contributed by atoms with van der Waals surface area (Å²) in [6.07, 6.45) is 3.59. The Hall–Kier alpha value is -3.03. The van der Waals surface area contributed by atoms with Crippen molar-refractivity contribution in [3.05, 3.63) is 42.2 Å². The molecule has 162 valence electrons. The molecule has 8 heteroatoms. The Morgan fingerprint density at radius 2 is 2.03 bits per heavy atom. The molecule has 1 aromatic carbocycles. The number of hydrogen-bond donors (Lipinski definition) is 1. The molecule has 8 nitrogen and oxygen atoms in total. The highest BCUT2D eigenvalue weighted by Gasteiger charge is 2.27. The summed E-state index contributed by atoms with van der Waals surface area (Å²) in [7, 11) is 1.85. The second kappa shape index (κ2) is 10.1. The lowest BCUT2D eigenvalue weighted by atomic mass is 10.2. The number of rotatable bonds is 7. The van der Waals surface area contributed by atoms with Crippen LogP contribution in [0.1, 0.15) is 26.3 Å². The molecule has 1 aromatic heterocycles. The summed E-state index contributed by atoms with van der Waals surface area (Å²) in [4.78, 5) is 21.2. The molecule has 2 heterocycles. The Balaban J connectivity index is 1.61. The van der Waals surface area contributed by atoms with Crippen molar-refractivity contribution in [2.24, 2.45) is 18.0 Å². The molecule has 1 saturated heterocycles. The largest absolute Gasteiger partial charge is 0.493 e. The van der Waals surface area contributed by atoms with Crippen molar-refractivity contribution >= 4 is 17.6 Å². The van der Waals surface area contributed by atoms with E-state index in [1.165, 1.54) is 0 Å². The van der Waals surface area contributed by atoms with Gasteiger partial charge in [0.1, 0.15) is 12.3 Å². The van der Waals surface area contributed by atoms with Crippen LogP contribution in [-0.4, -0.2) is 59.3 Å². The van der Waals surface area contributed by atoms with Crippen molar-refractivity contribution < 1.29 is 9.53 Å². The number of benzene rings is 1. The first-order chi connectivity index (χ1) is 14.5. The summed E-state index contributed by atoms with van der Waals surface area (Å²) in [5.74, 6) is 2.18. The molecule has 1 N–H and O–H groups in total. The van der Waals surface area contributed by atoms with Gasteiger partial charge in [0.2, 0.25) is 5.91 Å². The Labute approximate surface area is 178 Å². The van der Waals surface area contributed by atoms with Crippen molar-refractivity contribution in [2.75, 3.05) is 37.7 Å². The average molecular weight is 413 g/mol. The molecule has 1 aliphatic rings. The van der Waals surface area contributed by atoms with Crippen LogP contribution < -0.4 is 15.0 Å². The number of aromatic nitrogens is 2. The minimum Gasteiger partial charge on any atom is -0.493 e. The number of nitrogens with zero attached hydrogens (tertiary/aromatic N) is 5. The first-order valence-corrected chi connectivity index (χ1v) is 10.5. The number of amides is 1. The number of hydrogen-bond acceptors (Lipinski definition) is 4. The number of aryl methyl sites for hydroxylation is 1. The van der Waals surface area contributed by atoms with E-state index < -0.39 is 0 Å². The number of ether oxygens (including phenoxy) is 1. The number of piperazine rings is 1. The Kier molecular flexibility index (Phi) is 7.32. The van der Waals surface area contributed by atoms with Gasteiger partial charge < -0.3 is 19.9 Å². The van der Waals surface area contributed by atoms with Gasteiger partial charge in [-0.2, -0.15) is 5.10 Å². The van der Waals surface area contributed by atoms with Crippen LogP contribution in [0, 0.1) is 5.92 Å². The Morgan fingerprint density at radius 3 is 2.63 bits per heavy atom. The summed E-state index contributed by atoms with van der Waals surface area (Å²) >= 11 is 0. The predicted molar refractivity (Wildman–Crippen MR) is 119 cm³/mol. The predicted octanol–water partition coefficient (Wildman–Crippen LogP) is 2.27. The van der Waals surface area contributed by atoms with E-state index in [-0.39, 0.29) is 5.91 Å². The number of nitrogens with one attached hydrogen (secondary N) is 1. The van der Waals surface area contributed by atoms with Gasteiger partial charge in [-0.1, -0.05) is 26.0 Å². The summed E-state index contributed by atoms with van der Waals surface area (Å²) in [6, 6.07) is 8.04. The number of anilines is 1. The molecule has 0 spiro atoms. The molecule has 1 amide bonds. The normalized spacial score (nSPS) is 15.1. The van der Waals surface area contributed by atoms with Gasteiger partial charge in [0.15, 0.2) is 5.96 Å². The minimum absolute atomic E-state index is 0.0477. The first-order valence-electron chi connectivity index (χ1n) is 10.5. The summed E-state index contributed by atoms with van der Waals surface area (Å²) < 4.78 is 7.45. The second-order valence-electron chi connectivity index (χ2n) is 7.86. The molecule has 0 aliphatic carbocycles. The van der Waals surface area contributed by atoms with Gasteiger partial charge in [0.05, 0.1) is 25.0 Å². The van der Waals surface area contributed by atoms with Crippen LogP contribution in [0.25, 0.3) is 0 Å². The molecular weight excluding hydrogens is 380 g/mol. The standard InChI is InChI=1S/C22H32N6O2/c1-5-23-22(24-12-18-6-8-20(9-7-18)30-16-17(2)3)27-10-11-28(21(29)15-27)19-13-25-26(4)14-19/h6-9,13-14,17H,5,10-12,15-16H2,1-4H3,(H,23,24). The third kappa shape index (κ3) is 5.75. The van der Waals surface area contributed by atoms with E-state index in [1.807, 2.05) is 49.3 Å². The SMILES string of the molecule is CCNC(=NCc1ccc(OCC(C)C)cc1)N1CCN(c2cnn(C)c2)C(=O)C1. The number of carbonyl (C=O) groups excluding carboxylic acids is 1. The van der Waals surface area contributed by atoms with Crippen LogP contribution in [0.15, 0.2) is 41.7 Å². The molecule has 3 rings (SSSR count). The van der Waals surface area contributed by atoms with Crippen LogP contribution >= 0.6 is 0 Å². The minimum atomic E-state index is 0.0477. The highest BCUT2D eigenvalue weighted by Crippen LogP contribution is 2.17. The quantitative estimate of drug-likeness (QED) is 0.558. The van der Waals surface area contributed by atoms with E-state index in [2.05, 4.69) is 24.3 Å². The zero-order valence-electron chi connectivity index (χ0n) is 18.3. The van der Waals surface area contributed by atoms with Gasteiger partial charge in [0, 0.05) is 32.9 Å². The summed E-state index contributed by atoms with van der Waals surface area (Å²) in [6.45, 7) is 9.92. The highest BCUT2D eigenvalue weighted by atomic mass is 16.5. The molecule has 2 aromatic rings. The van der Waals surface area contributed by atoms with Crippen LogP contribution in [0.4, 0.5) is 5.69 Å². The van der Waals surface area contributed by atoms with E-state index in [9.17, 15) is 4.79 Å². The molecule has 1 fully saturated rings. The number of guanidine groups is 1. The maximum absolute atomic E-state index is 12.7. The number of carbonyl (C=O) groups is 1. The fourth-order valence-electron chi connectivity index (χ4n) is 3.22. The molecule has 0 atom stereocenters. The highest BCUT2D eigenvalue weighted by molar-refractivity contribution is 5.98. The van der Waals surface area contributed by atoms with E-state index in [1.54, 1.807) is 15.8 Å². The summed E-state index contributed by atoms with van der Waals surface area (Å²) in [5.41, 5.74) is 1.94. The van der Waals surface area contributed by atoms with E-state index in [0.29, 0.717) is 38.7 Å². The van der Waals surface area contributed by atoms with Crippen LogP contribution in [0.2, 0.25) is 0 Å². The van der Waals surface area contributed by atoms with Crippen molar-refractivity contribution in [2.45, 2.75) is 27.3 Å². The van der Waals surface area contributed by atoms with Gasteiger partial charge in [-0.05, 0) is 30.5 Å². The zero-order chi connectivity index (χ0) is 21.5. The summed E-state index contributed by atoms with van der Waals surface area (Å²) in [5, 5.41) is 7.47. The van der Waals surface area contributed by atoms with Crippen molar-refractivity contribution in [3.8, 4) is 5.75 Å². The van der Waals surface area contributed by atoms with Crippen molar-refractivity contribution in [1.29, 1.82) is 0 Å². The van der Waals surface area contributed by atoms with Crippen molar-refractivity contribution in [1.82, 2.24) is 20.0 Å². The molecule has 30 heavy (non-hydrogen) atoms. The molecule has 1 aliphatic heterocycles. The average Bonchev–Trinajstić information content (AvgIpc) is 3.16. The van der Waals surface area contributed by atoms with Gasteiger partial charge in [0.25, 0.3) is 0 Å². The van der Waals surface area contributed by atoms with E-state index in [0.717, 1.165) is 29.5 Å². The third-order valence-corrected chi connectivity index (χ3v) is 4.78. The van der Waals surface area contributed by atoms with Gasteiger partial charge in [-0.15, -0.1) is 0 Å². The maximum Gasteiger partial charge on any atom is 0.246 e. The fourth-order valence-corrected chi connectivity index (χ4v) is 3.22. The molecular formula is C22H32N6O2. The number of aliphatic imine (C=N–C) groups is 1. The molecule has 0 radical (unpaired) electrons. The van der Waals surface area contributed by atoms with Crippen LogP contribution in [0.3, 0.4) is 0 Å². The van der Waals surface area contributed by atoms with Gasteiger partial charge in [-0.3, -0.25) is 9.48 Å². The smallest absolute Gasteiger partial charge is 0.246 e. The Morgan fingerprint density at radius 1 is 1.27 bits per heavy atom. The van der Waals surface area contributed by atoms with Crippen LogP contribution in [0.5, 0.6) is 5.75 Å². The van der Waals surface area contributed by atoms with Crippen LogP contribution in [-0.2, 0) is 18.4 Å². The van der Waals surface area contributed by atoms with Gasteiger partial charge >= 0.3 is 0 Å². The van der Waals surface area contributed by atoms with E-state index >= 15 is 0 Å². The lowest BCUT2D eigenvalue weighted by Gasteiger charge is -2.35. The maximum atomic E-state index is 12.7. The van der Waals surface area contributed by atoms with Crippen molar-refractivity contribution in [3.63, 3.8) is 0 Å². The monoisotopic (exact) mass is 412 g/mol. The lowest BCUT2D eigenvalue weighted by molar-refractivity contribution is -0.120. The van der Waals surface area contributed by atoms with Gasteiger partial charge in [-0.25, -0.2) is 4.99 Å². The topological polar surface area (TPSA) is 75.0 Å². The fraction of sp³-hybridized carbons (Fsp3) is 0.500.